The molecule has 3 heterocycles. The number of esters is 1. The van der Waals surface area contributed by atoms with Gasteiger partial charge in [0, 0.05) is 0 Å². The van der Waals surface area contributed by atoms with Crippen LogP contribution in [0.1, 0.15) is 13.2 Å². The molecular weight excluding hydrogens is 433 g/mol. The standard InChI is InChI=1S/C15H19ClN3O9P/c1-2-26-14(22)15(29(23,24)25)27-5-8-10(20)11(21)13(28-8)19-6-17-7-3-4-9(16)18-12(7)19/h3-4,6,8,10-11,13,15,20-21H,2,5H2,1H3,(H2,23,24,25)/t8-,10+,11-,13-,15+/m1/s1. The van der Waals surface area contributed by atoms with Crippen LogP contribution in [0, 0.1) is 0 Å². The topological polar surface area (TPSA) is 173 Å². The molecule has 12 nitrogen and oxygen atoms in total. The van der Waals surface area contributed by atoms with Gasteiger partial charge in [0.1, 0.15) is 29.0 Å². The fraction of sp³-hybridized carbons (Fsp3) is 0.533. The molecule has 0 bridgehead atoms. The van der Waals surface area contributed by atoms with Crippen molar-refractivity contribution in [2.75, 3.05) is 13.2 Å². The number of nitrogens with zero attached hydrogens (tertiary/aromatic N) is 3. The maximum atomic E-state index is 11.7. The molecule has 14 heteroatoms. The number of hydrogen-bond donors (Lipinski definition) is 4. The Morgan fingerprint density at radius 2 is 2.10 bits per heavy atom. The van der Waals surface area contributed by atoms with E-state index >= 15 is 0 Å². The van der Waals surface area contributed by atoms with Crippen LogP contribution in [0.25, 0.3) is 11.2 Å². The molecule has 1 saturated heterocycles. The van der Waals surface area contributed by atoms with Gasteiger partial charge in [0.25, 0.3) is 5.85 Å². The summed E-state index contributed by atoms with van der Waals surface area (Å²) in [7, 11) is -4.99. The van der Waals surface area contributed by atoms with Crippen molar-refractivity contribution in [3.8, 4) is 0 Å². The average molecular weight is 452 g/mol. The maximum Gasteiger partial charge on any atom is 0.365 e. The van der Waals surface area contributed by atoms with Crippen LogP contribution in [-0.2, 0) is 23.6 Å². The van der Waals surface area contributed by atoms with Crippen molar-refractivity contribution < 1.29 is 43.6 Å². The van der Waals surface area contributed by atoms with Crippen LogP contribution in [0.4, 0.5) is 0 Å². The van der Waals surface area contributed by atoms with Crippen LogP contribution in [0.5, 0.6) is 0 Å². The van der Waals surface area contributed by atoms with Gasteiger partial charge in [0.2, 0.25) is 0 Å². The second-order valence-corrected chi connectivity index (χ2v) is 8.24. The highest BCUT2D eigenvalue weighted by Crippen LogP contribution is 2.43. The zero-order valence-corrected chi connectivity index (χ0v) is 16.7. The zero-order valence-electron chi connectivity index (χ0n) is 15.0. The van der Waals surface area contributed by atoms with Crippen molar-refractivity contribution in [3.05, 3.63) is 23.6 Å². The Morgan fingerprint density at radius 3 is 2.76 bits per heavy atom. The number of ether oxygens (including phenoxy) is 3. The van der Waals surface area contributed by atoms with Crippen molar-refractivity contribution in [3.63, 3.8) is 0 Å². The number of halogens is 1. The lowest BCUT2D eigenvalue weighted by Gasteiger charge is -2.20. The Kier molecular flexibility index (Phi) is 6.56. The highest BCUT2D eigenvalue weighted by molar-refractivity contribution is 7.53. The van der Waals surface area contributed by atoms with Crippen LogP contribution in [-0.4, -0.2) is 77.9 Å². The lowest BCUT2D eigenvalue weighted by atomic mass is 10.1. The molecule has 0 aromatic carbocycles. The average Bonchev–Trinajstić information content (AvgIpc) is 3.16. The van der Waals surface area contributed by atoms with Crippen LogP contribution in [0.15, 0.2) is 18.5 Å². The molecular formula is C15H19ClN3O9P. The first-order valence-electron chi connectivity index (χ1n) is 8.47. The van der Waals surface area contributed by atoms with E-state index in [9.17, 15) is 29.4 Å². The summed E-state index contributed by atoms with van der Waals surface area (Å²) in [5, 5.41) is 20.8. The second-order valence-electron chi connectivity index (χ2n) is 6.20. The van der Waals surface area contributed by atoms with E-state index < -0.39 is 50.6 Å². The van der Waals surface area contributed by atoms with Crippen molar-refractivity contribution in [2.24, 2.45) is 0 Å². The summed E-state index contributed by atoms with van der Waals surface area (Å²) in [5.74, 6) is -3.42. The van der Waals surface area contributed by atoms with Crippen molar-refractivity contribution in [2.45, 2.75) is 37.3 Å². The maximum absolute atomic E-state index is 11.7. The number of fused-ring (bicyclic) bond motifs is 1. The summed E-state index contributed by atoms with van der Waals surface area (Å²) in [6.45, 7) is 0.768. The molecule has 4 N–H and O–H groups in total. The summed E-state index contributed by atoms with van der Waals surface area (Å²) in [6.07, 6.45) is -3.88. The van der Waals surface area contributed by atoms with Gasteiger partial charge in [0.05, 0.1) is 19.5 Å². The minimum Gasteiger partial charge on any atom is -0.464 e. The molecule has 2 aromatic heterocycles. The van der Waals surface area contributed by atoms with E-state index in [1.807, 2.05) is 0 Å². The van der Waals surface area contributed by atoms with Gasteiger partial charge in [-0.3, -0.25) is 9.13 Å². The SMILES string of the molecule is CCOC(=O)[C@@H](OC[C@H]1O[C@@H](n2cnc3ccc(Cl)nc32)[C@H](O)[C@H]1O)P(=O)(O)O. The number of pyridine rings is 1. The number of hydrogen-bond acceptors (Lipinski definition) is 9. The van der Waals surface area contributed by atoms with Gasteiger partial charge < -0.3 is 34.2 Å². The first kappa shape index (κ1) is 22.1. The Morgan fingerprint density at radius 1 is 1.38 bits per heavy atom. The number of aliphatic hydroxyl groups is 2. The Bertz CT molecular complexity index is 935. The number of carbonyl (C=O) groups is 1. The molecule has 0 radical (unpaired) electrons. The summed E-state index contributed by atoms with van der Waals surface area (Å²) < 4.78 is 28.1. The monoisotopic (exact) mass is 451 g/mol. The van der Waals surface area contributed by atoms with Crippen molar-refractivity contribution in [1.29, 1.82) is 0 Å². The van der Waals surface area contributed by atoms with Gasteiger partial charge in [-0.1, -0.05) is 11.6 Å². The smallest absolute Gasteiger partial charge is 0.365 e. The van der Waals surface area contributed by atoms with E-state index in [0.29, 0.717) is 11.2 Å². The number of carbonyl (C=O) groups excluding carboxylic acids is 1. The van der Waals surface area contributed by atoms with E-state index in [2.05, 4.69) is 14.7 Å². The van der Waals surface area contributed by atoms with Crippen molar-refractivity contribution >= 4 is 36.3 Å². The molecule has 3 rings (SSSR count). The van der Waals surface area contributed by atoms with E-state index in [4.69, 9.17) is 21.1 Å². The number of imidazole rings is 1. The molecule has 0 amide bonds. The summed E-state index contributed by atoms with van der Waals surface area (Å²) in [6, 6.07) is 3.15. The first-order chi connectivity index (χ1) is 13.6. The molecule has 0 spiro atoms. The molecule has 1 aliphatic heterocycles. The molecule has 2 aromatic rings. The van der Waals surface area contributed by atoms with Crippen molar-refractivity contribution in [1.82, 2.24) is 14.5 Å². The minimum atomic E-state index is -4.99. The van der Waals surface area contributed by atoms with Gasteiger partial charge >= 0.3 is 13.6 Å². The number of aliphatic hydroxyl groups excluding tert-OH is 2. The molecule has 29 heavy (non-hydrogen) atoms. The molecule has 0 aliphatic carbocycles. The zero-order chi connectivity index (χ0) is 21.3. The molecule has 0 unspecified atom stereocenters. The van der Waals surface area contributed by atoms with Gasteiger partial charge in [0.15, 0.2) is 11.9 Å². The molecule has 160 valence electrons. The van der Waals surface area contributed by atoms with E-state index in [1.54, 1.807) is 6.07 Å². The first-order valence-corrected chi connectivity index (χ1v) is 10.5. The van der Waals surface area contributed by atoms with E-state index in [0.717, 1.165) is 0 Å². The normalized spacial score (nSPS) is 26.0. The van der Waals surface area contributed by atoms with Crippen LogP contribution >= 0.6 is 19.2 Å². The quantitative estimate of drug-likeness (QED) is 0.249. The fourth-order valence-electron chi connectivity index (χ4n) is 2.87. The van der Waals surface area contributed by atoms with E-state index in [-0.39, 0.29) is 11.8 Å². The second kappa shape index (κ2) is 8.62. The summed E-state index contributed by atoms with van der Waals surface area (Å²) in [5.41, 5.74) is 0.776. The van der Waals surface area contributed by atoms with Gasteiger partial charge in [-0.15, -0.1) is 0 Å². The van der Waals surface area contributed by atoms with Crippen LogP contribution < -0.4 is 0 Å². The molecule has 1 fully saturated rings. The highest BCUT2D eigenvalue weighted by atomic mass is 35.5. The molecule has 5 atom stereocenters. The molecule has 1 aliphatic rings. The lowest BCUT2D eigenvalue weighted by molar-refractivity contribution is -0.155. The Hall–Kier alpha value is -1.63. The fourth-order valence-corrected chi connectivity index (χ4v) is 3.65. The molecule has 0 saturated carbocycles. The summed E-state index contributed by atoms with van der Waals surface area (Å²) in [4.78, 5) is 38.6. The number of rotatable bonds is 7. The Balaban J connectivity index is 1.76. The van der Waals surface area contributed by atoms with Crippen LogP contribution in [0.2, 0.25) is 5.15 Å². The predicted molar refractivity (Wildman–Crippen MR) is 96.9 cm³/mol. The third-order valence-corrected chi connectivity index (χ3v) is 5.39. The largest absolute Gasteiger partial charge is 0.464 e. The summed E-state index contributed by atoms with van der Waals surface area (Å²) >= 11 is 5.89. The van der Waals surface area contributed by atoms with Crippen LogP contribution in [0.3, 0.4) is 0 Å². The lowest BCUT2D eigenvalue weighted by Crippen LogP contribution is -2.36. The van der Waals surface area contributed by atoms with Gasteiger partial charge in [-0.05, 0) is 19.1 Å². The van der Waals surface area contributed by atoms with Gasteiger partial charge in [-0.25, -0.2) is 14.8 Å². The third kappa shape index (κ3) is 4.60. The van der Waals surface area contributed by atoms with E-state index in [1.165, 1.54) is 23.9 Å². The number of aromatic nitrogens is 3. The highest BCUT2D eigenvalue weighted by Gasteiger charge is 2.46. The third-order valence-electron chi connectivity index (χ3n) is 4.21. The minimum absolute atomic E-state index is 0.106. The Labute approximate surface area is 169 Å². The predicted octanol–water partition coefficient (Wildman–Crippen LogP) is -0.213. The van der Waals surface area contributed by atoms with Gasteiger partial charge in [-0.2, -0.15) is 0 Å².